The van der Waals surface area contributed by atoms with Crippen molar-refractivity contribution in [2.75, 3.05) is 23.7 Å². The van der Waals surface area contributed by atoms with Gasteiger partial charge in [-0.2, -0.15) is 0 Å². The molecule has 1 aliphatic rings. The Labute approximate surface area is 173 Å². The molecule has 0 bridgehead atoms. The van der Waals surface area contributed by atoms with Crippen LogP contribution in [0.2, 0.25) is 0 Å². The number of hydrogen-bond donors (Lipinski definition) is 1. The summed E-state index contributed by atoms with van der Waals surface area (Å²) in [6.45, 7) is 4.34. The lowest BCUT2D eigenvalue weighted by molar-refractivity contribution is 0.573. The molecule has 0 atom stereocenters. The van der Waals surface area contributed by atoms with Crippen molar-refractivity contribution in [3.63, 3.8) is 0 Å². The molecular formula is C23H27ClN4. The summed E-state index contributed by atoms with van der Waals surface area (Å²) < 4.78 is 0. The SMILES string of the molecule is CCc1nc(N)ccc1-c1ccccc1-c1ccc(N2CCCCC2)nc1.Cl. The van der Waals surface area contributed by atoms with Crippen molar-refractivity contribution >= 4 is 24.0 Å². The van der Waals surface area contributed by atoms with Crippen LogP contribution in [-0.2, 0) is 6.42 Å². The summed E-state index contributed by atoms with van der Waals surface area (Å²) in [4.78, 5) is 11.7. The molecule has 3 heterocycles. The first kappa shape index (κ1) is 20.2. The van der Waals surface area contributed by atoms with Gasteiger partial charge in [0, 0.05) is 30.4 Å². The van der Waals surface area contributed by atoms with Gasteiger partial charge in [0.1, 0.15) is 11.6 Å². The van der Waals surface area contributed by atoms with E-state index < -0.39 is 0 Å². The smallest absolute Gasteiger partial charge is 0.128 e. The van der Waals surface area contributed by atoms with Crippen LogP contribution in [0, 0.1) is 0 Å². The predicted octanol–water partition coefficient (Wildman–Crippen LogP) is 5.37. The van der Waals surface area contributed by atoms with Crippen molar-refractivity contribution in [2.24, 2.45) is 0 Å². The number of anilines is 2. The summed E-state index contributed by atoms with van der Waals surface area (Å²) >= 11 is 0. The zero-order chi connectivity index (χ0) is 18.6. The third-order valence-corrected chi connectivity index (χ3v) is 5.29. The maximum atomic E-state index is 5.89. The summed E-state index contributed by atoms with van der Waals surface area (Å²) in [7, 11) is 0. The highest BCUT2D eigenvalue weighted by molar-refractivity contribution is 5.85. The largest absolute Gasteiger partial charge is 0.384 e. The van der Waals surface area contributed by atoms with Crippen LogP contribution >= 0.6 is 12.4 Å². The van der Waals surface area contributed by atoms with Crippen LogP contribution < -0.4 is 10.6 Å². The third kappa shape index (κ3) is 4.12. The minimum absolute atomic E-state index is 0. The molecule has 146 valence electrons. The van der Waals surface area contributed by atoms with Gasteiger partial charge in [-0.05, 0) is 61.1 Å². The van der Waals surface area contributed by atoms with E-state index in [9.17, 15) is 0 Å². The number of halogens is 1. The second-order valence-corrected chi connectivity index (χ2v) is 7.08. The second-order valence-electron chi connectivity index (χ2n) is 7.08. The van der Waals surface area contributed by atoms with E-state index >= 15 is 0 Å². The van der Waals surface area contributed by atoms with E-state index in [1.54, 1.807) is 0 Å². The molecule has 0 saturated carbocycles. The normalized spacial score (nSPS) is 13.8. The zero-order valence-corrected chi connectivity index (χ0v) is 17.1. The summed E-state index contributed by atoms with van der Waals surface area (Å²) in [5, 5.41) is 0. The van der Waals surface area contributed by atoms with Crippen LogP contribution in [0.25, 0.3) is 22.3 Å². The minimum atomic E-state index is 0. The van der Waals surface area contributed by atoms with Crippen molar-refractivity contribution in [1.29, 1.82) is 0 Å². The molecule has 4 rings (SSSR count). The molecule has 2 aromatic heterocycles. The first-order valence-corrected chi connectivity index (χ1v) is 9.82. The van der Waals surface area contributed by atoms with Crippen LogP contribution in [0.5, 0.6) is 0 Å². The fourth-order valence-electron chi connectivity index (χ4n) is 3.86. The minimum Gasteiger partial charge on any atom is -0.384 e. The molecular weight excluding hydrogens is 368 g/mol. The summed E-state index contributed by atoms with van der Waals surface area (Å²) in [6.07, 6.45) is 6.70. The number of aromatic nitrogens is 2. The van der Waals surface area contributed by atoms with Gasteiger partial charge in [-0.1, -0.05) is 31.2 Å². The molecule has 1 fully saturated rings. The molecule has 0 radical (unpaired) electrons. The van der Waals surface area contributed by atoms with E-state index in [1.165, 1.54) is 30.4 Å². The van der Waals surface area contributed by atoms with Gasteiger partial charge in [0.05, 0.1) is 5.69 Å². The summed E-state index contributed by atoms with van der Waals surface area (Å²) in [5.41, 5.74) is 11.5. The van der Waals surface area contributed by atoms with Crippen LogP contribution in [0.1, 0.15) is 31.9 Å². The zero-order valence-electron chi connectivity index (χ0n) is 16.3. The van der Waals surface area contributed by atoms with E-state index in [0.717, 1.165) is 42.1 Å². The Bertz CT molecular complexity index is 918. The van der Waals surface area contributed by atoms with Gasteiger partial charge in [-0.25, -0.2) is 9.97 Å². The highest BCUT2D eigenvalue weighted by atomic mass is 35.5. The molecule has 28 heavy (non-hydrogen) atoms. The molecule has 1 aliphatic heterocycles. The lowest BCUT2D eigenvalue weighted by Crippen LogP contribution is -2.29. The highest BCUT2D eigenvalue weighted by Crippen LogP contribution is 2.34. The number of piperidine rings is 1. The van der Waals surface area contributed by atoms with E-state index in [0.29, 0.717) is 5.82 Å². The fourth-order valence-corrected chi connectivity index (χ4v) is 3.86. The highest BCUT2D eigenvalue weighted by Gasteiger charge is 2.14. The van der Waals surface area contributed by atoms with Crippen LogP contribution in [0.3, 0.4) is 0 Å². The monoisotopic (exact) mass is 394 g/mol. The quantitative estimate of drug-likeness (QED) is 0.646. The Balaban J connectivity index is 0.00000225. The number of aryl methyl sites for hydroxylation is 1. The van der Waals surface area contributed by atoms with Crippen molar-refractivity contribution in [3.05, 3.63) is 60.4 Å². The molecule has 2 N–H and O–H groups in total. The Morgan fingerprint density at radius 1 is 0.893 bits per heavy atom. The Morgan fingerprint density at radius 2 is 1.64 bits per heavy atom. The van der Waals surface area contributed by atoms with Gasteiger partial charge >= 0.3 is 0 Å². The number of nitrogens with zero attached hydrogens (tertiary/aromatic N) is 3. The van der Waals surface area contributed by atoms with E-state index in [-0.39, 0.29) is 12.4 Å². The van der Waals surface area contributed by atoms with Crippen LogP contribution in [0.15, 0.2) is 54.7 Å². The average molecular weight is 395 g/mol. The second kappa shape index (κ2) is 9.07. The Hall–Kier alpha value is -2.59. The van der Waals surface area contributed by atoms with Gasteiger partial charge in [0.25, 0.3) is 0 Å². The number of pyridine rings is 2. The Kier molecular flexibility index (Phi) is 6.53. The van der Waals surface area contributed by atoms with Gasteiger partial charge < -0.3 is 10.6 Å². The number of nitrogen functional groups attached to an aromatic ring is 1. The molecule has 1 saturated heterocycles. The summed E-state index contributed by atoms with van der Waals surface area (Å²) in [5.74, 6) is 1.65. The van der Waals surface area contributed by atoms with Gasteiger partial charge in [-0.15, -0.1) is 12.4 Å². The molecule has 3 aromatic rings. The van der Waals surface area contributed by atoms with Crippen molar-refractivity contribution in [1.82, 2.24) is 9.97 Å². The molecule has 0 aliphatic carbocycles. The number of nitrogens with two attached hydrogens (primary N) is 1. The molecule has 5 heteroatoms. The van der Waals surface area contributed by atoms with Crippen molar-refractivity contribution in [2.45, 2.75) is 32.6 Å². The first-order valence-electron chi connectivity index (χ1n) is 9.82. The number of rotatable bonds is 4. The maximum absolute atomic E-state index is 5.89. The average Bonchev–Trinajstić information content (AvgIpc) is 2.74. The molecule has 4 nitrogen and oxygen atoms in total. The van der Waals surface area contributed by atoms with Gasteiger partial charge in [0.15, 0.2) is 0 Å². The van der Waals surface area contributed by atoms with E-state index in [4.69, 9.17) is 10.7 Å². The predicted molar refractivity (Wildman–Crippen MR) is 120 cm³/mol. The van der Waals surface area contributed by atoms with E-state index in [2.05, 4.69) is 59.3 Å². The number of benzene rings is 1. The molecule has 0 unspecified atom stereocenters. The summed E-state index contributed by atoms with van der Waals surface area (Å²) in [6, 6.07) is 16.8. The Morgan fingerprint density at radius 3 is 2.32 bits per heavy atom. The first-order chi connectivity index (χ1) is 13.3. The lowest BCUT2D eigenvalue weighted by Gasteiger charge is -2.27. The maximum Gasteiger partial charge on any atom is 0.128 e. The van der Waals surface area contributed by atoms with Gasteiger partial charge in [-0.3, -0.25) is 0 Å². The fraction of sp³-hybridized carbons (Fsp3) is 0.304. The third-order valence-electron chi connectivity index (χ3n) is 5.29. The van der Waals surface area contributed by atoms with Crippen LogP contribution in [-0.4, -0.2) is 23.1 Å². The molecule has 0 amide bonds. The van der Waals surface area contributed by atoms with Crippen molar-refractivity contribution in [3.8, 4) is 22.3 Å². The number of hydrogen-bond acceptors (Lipinski definition) is 4. The van der Waals surface area contributed by atoms with Crippen LogP contribution in [0.4, 0.5) is 11.6 Å². The molecule has 1 aromatic carbocycles. The lowest BCUT2D eigenvalue weighted by atomic mass is 9.94. The molecule has 0 spiro atoms. The van der Waals surface area contributed by atoms with E-state index in [1.807, 2.05) is 12.3 Å². The standard InChI is InChI=1S/C23H26N4.ClH/c1-2-21-20(11-12-22(24)26-21)19-9-5-4-8-18(19)17-10-13-23(25-16-17)27-14-6-3-7-15-27;/h4-5,8-13,16H,2-3,6-7,14-15H2,1H3,(H2,24,26);1H. The van der Waals surface area contributed by atoms with Gasteiger partial charge in [0.2, 0.25) is 0 Å². The van der Waals surface area contributed by atoms with Crippen molar-refractivity contribution < 1.29 is 0 Å². The topological polar surface area (TPSA) is 55.0 Å².